The molecule has 6 heterocycles. The first-order valence-corrected chi connectivity index (χ1v) is 17.5. The summed E-state index contributed by atoms with van der Waals surface area (Å²) in [5.74, 6) is -0.297. The number of nitrogens with zero attached hydrogens (tertiary/aromatic N) is 8. The summed E-state index contributed by atoms with van der Waals surface area (Å²) < 4.78 is 72.3. The van der Waals surface area contributed by atoms with E-state index in [1.807, 2.05) is 0 Å². The van der Waals surface area contributed by atoms with Crippen LogP contribution < -0.4 is 17.0 Å². The van der Waals surface area contributed by atoms with E-state index in [0.717, 1.165) is 21.9 Å². The normalized spacial score (nSPS) is 30.3. The van der Waals surface area contributed by atoms with Crippen molar-refractivity contribution in [1.82, 2.24) is 44.5 Å². The summed E-state index contributed by atoms with van der Waals surface area (Å²) in [6.45, 7) is -5.93. The molecule has 2 aliphatic heterocycles. The molecule has 45 heavy (non-hydrogen) atoms. The van der Waals surface area contributed by atoms with E-state index in [0.29, 0.717) is 0 Å². The molecule has 242 valence electrons. The van der Waals surface area contributed by atoms with Crippen molar-refractivity contribution in [2.45, 2.75) is 49.2 Å². The summed E-state index contributed by atoms with van der Waals surface area (Å²) >= 11 is 8.79. The van der Waals surface area contributed by atoms with Gasteiger partial charge in [-0.05, 0) is 16.4 Å². The van der Waals surface area contributed by atoms with Crippen LogP contribution in [0.2, 0.25) is 0 Å². The first-order valence-electron chi connectivity index (χ1n) is 12.6. The predicted molar refractivity (Wildman–Crippen MR) is 154 cm³/mol. The zero-order valence-electron chi connectivity index (χ0n) is 22.2. The third kappa shape index (κ3) is 6.03. The lowest BCUT2D eigenvalue weighted by molar-refractivity contribution is -0.0561. The SMILES string of the molecule is Nc1nc2c(ncn2[C@@H]2O[C@H](CO)[C@@H](F)[C@H]2OP(O)(=S)OC[C@H]2O[C@@H](n3nnc4c(N)ncnc43)[C@@H](F)[C@@H]2O[P+](=O)S)c(=O)[nH]1. The summed E-state index contributed by atoms with van der Waals surface area (Å²) in [6.07, 6.45) is -11.1. The topological polar surface area (TPSA) is 276 Å². The van der Waals surface area contributed by atoms with Gasteiger partial charge in [-0.15, -0.1) is 9.62 Å². The van der Waals surface area contributed by atoms with E-state index in [4.69, 9.17) is 46.3 Å². The lowest BCUT2D eigenvalue weighted by Crippen LogP contribution is -2.34. The zero-order valence-corrected chi connectivity index (χ0v) is 25.7. The Morgan fingerprint density at radius 1 is 1.13 bits per heavy atom. The molecule has 20 nitrogen and oxygen atoms in total. The molecule has 0 bridgehead atoms. The summed E-state index contributed by atoms with van der Waals surface area (Å²) in [5, 5.41) is 17.3. The molecular weight excluding hydrogens is 690 g/mol. The van der Waals surface area contributed by atoms with E-state index < -0.39 is 81.9 Å². The molecular formula is C19H22F2N11O9P2S2+. The van der Waals surface area contributed by atoms with Gasteiger partial charge >= 0.3 is 13.9 Å². The maximum Gasteiger partial charge on any atom is 0.582 e. The van der Waals surface area contributed by atoms with Crippen LogP contribution in [0.25, 0.3) is 22.3 Å². The Hall–Kier alpha value is -2.89. The number of aliphatic hydroxyl groups excluding tert-OH is 1. The standard InChI is InChI=1S/C19H21F2N11O9P2S2/c20-7-5(1-33)38-18(31-4-26-10-15(31)27-19(23)28-16(10)34)12(7)41-43(36,45)37-2-6-11(40-42(35)44)8(21)17(39-6)32-14-9(29-30-32)13(22)24-3-25-14/h3-8,11-12,17-18,33H,1-2H2,(H6-,22,23,24,25,27,28,30,34,35,36,44,45)/p+1/t5-,6-,7-,8+,11-,12-,17-,18-,43?/m1/s1. The van der Waals surface area contributed by atoms with Gasteiger partial charge in [-0.3, -0.25) is 18.9 Å². The second-order valence-electron chi connectivity index (χ2n) is 9.58. The number of nitrogens with two attached hydrogens (primary N) is 2. The quantitative estimate of drug-likeness (QED) is 0.0899. The summed E-state index contributed by atoms with van der Waals surface area (Å²) in [6, 6.07) is 0. The van der Waals surface area contributed by atoms with Crippen LogP contribution in [0, 0.1) is 0 Å². The van der Waals surface area contributed by atoms with Crippen LogP contribution >= 0.6 is 26.2 Å². The molecule has 0 radical (unpaired) electrons. The van der Waals surface area contributed by atoms with Gasteiger partial charge < -0.3 is 35.5 Å². The number of H-pyrrole nitrogens is 1. The van der Waals surface area contributed by atoms with Gasteiger partial charge in [-0.1, -0.05) is 5.21 Å². The number of aromatic nitrogens is 9. The van der Waals surface area contributed by atoms with Gasteiger partial charge in [0.15, 0.2) is 59.0 Å². The molecule has 2 aliphatic rings. The zero-order chi connectivity index (χ0) is 32.2. The highest BCUT2D eigenvalue weighted by molar-refractivity contribution is 8.39. The molecule has 0 amide bonds. The van der Waals surface area contributed by atoms with Crippen LogP contribution in [0.15, 0.2) is 17.4 Å². The van der Waals surface area contributed by atoms with Crippen molar-refractivity contribution in [1.29, 1.82) is 0 Å². The minimum absolute atomic E-state index is 0.0197. The van der Waals surface area contributed by atoms with Crippen LogP contribution in [-0.2, 0) is 39.4 Å². The number of thiol groups is 1. The Labute approximate surface area is 259 Å². The number of aromatic amines is 1. The maximum absolute atomic E-state index is 15.6. The van der Waals surface area contributed by atoms with Crippen LogP contribution in [-0.4, -0.2) is 104 Å². The van der Waals surface area contributed by atoms with Crippen LogP contribution in [0.3, 0.4) is 0 Å². The number of imidazole rings is 1. The highest BCUT2D eigenvalue weighted by atomic mass is 32.7. The van der Waals surface area contributed by atoms with Crippen molar-refractivity contribution in [3.8, 4) is 0 Å². The fraction of sp³-hybridized carbons (Fsp3) is 0.526. The molecule has 4 aromatic heterocycles. The molecule has 0 aliphatic carbocycles. The Kier molecular flexibility index (Phi) is 8.82. The average Bonchev–Trinajstić information content (AvgIpc) is 3.73. The first-order chi connectivity index (χ1) is 21.4. The number of fused-ring (bicyclic) bond motifs is 2. The lowest BCUT2D eigenvalue weighted by Gasteiger charge is -2.26. The smallest absolute Gasteiger partial charge is 0.394 e. The van der Waals surface area contributed by atoms with Gasteiger partial charge in [0.1, 0.15) is 36.9 Å². The average molecular weight is 713 g/mol. The molecule has 2 saturated heterocycles. The van der Waals surface area contributed by atoms with Gasteiger partial charge in [-0.2, -0.15) is 9.67 Å². The van der Waals surface area contributed by atoms with Crippen LogP contribution in [0.1, 0.15) is 12.5 Å². The monoisotopic (exact) mass is 712 g/mol. The number of hydrogen-bond donors (Lipinski definition) is 6. The Balaban J connectivity index is 1.22. The van der Waals surface area contributed by atoms with Gasteiger partial charge in [0.2, 0.25) is 5.95 Å². The summed E-state index contributed by atoms with van der Waals surface area (Å²) in [7, 11) is -2.66. The van der Waals surface area contributed by atoms with E-state index in [9.17, 15) is 19.4 Å². The number of anilines is 2. The van der Waals surface area contributed by atoms with Crippen LogP contribution in [0.4, 0.5) is 20.5 Å². The van der Waals surface area contributed by atoms with Crippen molar-refractivity contribution in [3.63, 3.8) is 0 Å². The Morgan fingerprint density at radius 3 is 2.62 bits per heavy atom. The largest absolute Gasteiger partial charge is 0.582 e. The van der Waals surface area contributed by atoms with Gasteiger partial charge in [-0.25, -0.2) is 23.7 Å². The number of alkyl halides is 2. The number of ether oxygens (including phenoxy) is 2. The minimum atomic E-state index is -4.43. The fourth-order valence-corrected chi connectivity index (χ4v) is 7.06. The third-order valence-electron chi connectivity index (χ3n) is 6.84. The number of rotatable bonds is 10. The molecule has 6 rings (SSSR count). The lowest BCUT2D eigenvalue weighted by atomic mass is 10.1. The number of halogens is 2. The fourth-order valence-electron chi connectivity index (χ4n) is 4.87. The van der Waals surface area contributed by atoms with Crippen molar-refractivity contribution >= 4 is 72.1 Å². The molecule has 0 spiro atoms. The number of nitrogen functional groups attached to an aromatic ring is 2. The Morgan fingerprint density at radius 2 is 1.89 bits per heavy atom. The molecule has 0 saturated carbocycles. The van der Waals surface area contributed by atoms with Gasteiger partial charge in [0.25, 0.3) is 5.56 Å². The van der Waals surface area contributed by atoms with Gasteiger partial charge in [0.05, 0.1) is 19.5 Å². The van der Waals surface area contributed by atoms with E-state index in [2.05, 4.69) is 47.5 Å². The third-order valence-corrected chi connectivity index (χ3v) is 9.10. The first kappa shape index (κ1) is 32.1. The second-order valence-corrected chi connectivity index (χ2v) is 14.0. The number of nitrogens with one attached hydrogen (secondary N) is 1. The Bertz CT molecular complexity index is 1870. The predicted octanol–water partition coefficient (Wildman–Crippen LogP) is -0.427. The van der Waals surface area contributed by atoms with Crippen molar-refractivity contribution in [3.05, 3.63) is 23.0 Å². The summed E-state index contributed by atoms with van der Waals surface area (Å²) in [4.78, 5) is 41.2. The van der Waals surface area contributed by atoms with E-state index >= 15 is 8.78 Å². The van der Waals surface area contributed by atoms with Crippen molar-refractivity contribution in [2.24, 2.45) is 0 Å². The second kappa shape index (κ2) is 12.4. The highest BCUT2D eigenvalue weighted by Gasteiger charge is 2.53. The summed E-state index contributed by atoms with van der Waals surface area (Å²) in [5.41, 5.74) is 10.5. The molecule has 2 fully saturated rings. The molecule has 7 N–H and O–H groups in total. The van der Waals surface area contributed by atoms with Crippen LogP contribution in [0.5, 0.6) is 0 Å². The molecule has 2 unspecified atom stereocenters. The van der Waals surface area contributed by atoms with E-state index in [-0.39, 0.29) is 34.1 Å². The molecule has 10 atom stereocenters. The number of hydrogen-bond acceptors (Lipinski definition) is 17. The molecule has 0 aromatic carbocycles. The molecule has 26 heteroatoms. The van der Waals surface area contributed by atoms with Gasteiger partial charge in [0, 0.05) is 0 Å². The maximum atomic E-state index is 15.6. The minimum Gasteiger partial charge on any atom is -0.394 e. The van der Waals surface area contributed by atoms with Crippen molar-refractivity contribution < 1.29 is 46.4 Å². The van der Waals surface area contributed by atoms with E-state index in [1.165, 1.54) is 0 Å². The van der Waals surface area contributed by atoms with E-state index in [1.54, 1.807) is 0 Å². The number of aliphatic hydroxyl groups is 1. The molecule has 4 aromatic rings. The van der Waals surface area contributed by atoms with Crippen molar-refractivity contribution in [2.75, 3.05) is 24.7 Å². The highest BCUT2D eigenvalue weighted by Crippen LogP contribution is 2.51.